The highest BCUT2D eigenvalue weighted by molar-refractivity contribution is 6.32. The molecule has 6 nitrogen and oxygen atoms in total. The van der Waals surface area contributed by atoms with Gasteiger partial charge in [0.2, 0.25) is 0 Å². The van der Waals surface area contributed by atoms with Crippen LogP contribution in [-0.4, -0.2) is 29.9 Å². The Bertz CT molecular complexity index is 1200. The SMILES string of the molecule is COc1ccc(-c2nn(-c3ccccc3)cc2C(=O)Nc2ccc(OC)c(Cl)c2)cc1. The lowest BCUT2D eigenvalue weighted by Gasteiger charge is -2.08. The molecule has 156 valence electrons. The number of hydrogen-bond acceptors (Lipinski definition) is 4. The topological polar surface area (TPSA) is 65.4 Å². The molecule has 0 atom stereocenters. The molecule has 1 aromatic heterocycles. The first-order valence-corrected chi connectivity index (χ1v) is 9.91. The minimum Gasteiger partial charge on any atom is -0.497 e. The second kappa shape index (κ2) is 8.93. The lowest BCUT2D eigenvalue weighted by molar-refractivity contribution is 0.102. The van der Waals surface area contributed by atoms with Crippen molar-refractivity contribution in [3.8, 4) is 28.4 Å². The van der Waals surface area contributed by atoms with Gasteiger partial charge < -0.3 is 14.8 Å². The van der Waals surface area contributed by atoms with Crippen LogP contribution < -0.4 is 14.8 Å². The van der Waals surface area contributed by atoms with Gasteiger partial charge in [0.15, 0.2) is 0 Å². The molecular weight excluding hydrogens is 414 g/mol. The van der Waals surface area contributed by atoms with Crippen molar-refractivity contribution in [1.29, 1.82) is 0 Å². The Labute approximate surface area is 185 Å². The third-order valence-electron chi connectivity index (χ3n) is 4.75. The lowest BCUT2D eigenvalue weighted by atomic mass is 10.1. The molecule has 3 aromatic carbocycles. The summed E-state index contributed by atoms with van der Waals surface area (Å²) in [5.74, 6) is 0.967. The van der Waals surface area contributed by atoms with E-state index in [0.717, 1.165) is 17.0 Å². The lowest BCUT2D eigenvalue weighted by Crippen LogP contribution is -2.12. The molecule has 4 rings (SSSR count). The van der Waals surface area contributed by atoms with Crippen LogP contribution in [0.1, 0.15) is 10.4 Å². The quantitative estimate of drug-likeness (QED) is 0.438. The van der Waals surface area contributed by atoms with Crippen LogP contribution in [0, 0.1) is 0 Å². The van der Waals surface area contributed by atoms with E-state index in [0.29, 0.717) is 27.7 Å². The van der Waals surface area contributed by atoms with Crippen LogP contribution in [0.2, 0.25) is 5.02 Å². The number of para-hydroxylation sites is 1. The summed E-state index contributed by atoms with van der Waals surface area (Å²) in [6.45, 7) is 0. The summed E-state index contributed by atoms with van der Waals surface area (Å²) < 4.78 is 12.1. The van der Waals surface area contributed by atoms with Crippen molar-refractivity contribution in [3.63, 3.8) is 0 Å². The number of benzene rings is 3. The zero-order chi connectivity index (χ0) is 21.8. The second-order valence-electron chi connectivity index (χ2n) is 6.70. The fraction of sp³-hybridized carbons (Fsp3) is 0.0833. The number of rotatable bonds is 6. The molecule has 0 saturated carbocycles. The molecule has 0 fully saturated rings. The Kier molecular flexibility index (Phi) is 5.91. The van der Waals surface area contributed by atoms with Crippen LogP contribution in [0.25, 0.3) is 16.9 Å². The summed E-state index contributed by atoms with van der Waals surface area (Å²) >= 11 is 6.19. The van der Waals surface area contributed by atoms with E-state index < -0.39 is 0 Å². The van der Waals surface area contributed by atoms with E-state index >= 15 is 0 Å². The van der Waals surface area contributed by atoms with Crippen molar-refractivity contribution in [2.24, 2.45) is 0 Å². The van der Waals surface area contributed by atoms with Crippen LogP contribution in [0.5, 0.6) is 11.5 Å². The van der Waals surface area contributed by atoms with Crippen molar-refractivity contribution in [2.75, 3.05) is 19.5 Å². The third-order valence-corrected chi connectivity index (χ3v) is 5.05. The molecule has 1 heterocycles. The predicted octanol–water partition coefficient (Wildman–Crippen LogP) is 5.46. The van der Waals surface area contributed by atoms with Crippen molar-refractivity contribution < 1.29 is 14.3 Å². The Morgan fingerprint density at radius 2 is 1.71 bits per heavy atom. The highest BCUT2D eigenvalue weighted by atomic mass is 35.5. The molecule has 0 unspecified atom stereocenters. The number of aromatic nitrogens is 2. The third kappa shape index (κ3) is 4.39. The summed E-state index contributed by atoms with van der Waals surface area (Å²) in [6, 6.07) is 22.1. The fourth-order valence-electron chi connectivity index (χ4n) is 3.16. The average molecular weight is 434 g/mol. The number of anilines is 1. The van der Waals surface area contributed by atoms with E-state index in [1.165, 1.54) is 0 Å². The maximum Gasteiger partial charge on any atom is 0.259 e. The van der Waals surface area contributed by atoms with Gasteiger partial charge in [-0.2, -0.15) is 5.10 Å². The van der Waals surface area contributed by atoms with Gasteiger partial charge in [-0.15, -0.1) is 0 Å². The summed E-state index contributed by atoms with van der Waals surface area (Å²) in [5.41, 5.74) is 3.20. The summed E-state index contributed by atoms with van der Waals surface area (Å²) in [6.07, 6.45) is 1.72. The van der Waals surface area contributed by atoms with Gasteiger partial charge in [-0.25, -0.2) is 4.68 Å². The summed E-state index contributed by atoms with van der Waals surface area (Å²) in [5, 5.41) is 7.99. The van der Waals surface area contributed by atoms with Crippen LogP contribution in [0.3, 0.4) is 0 Å². The predicted molar refractivity (Wildman–Crippen MR) is 122 cm³/mol. The van der Waals surface area contributed by atoms with E-state index in [2.05, 4.69) is 10.4 Å². The number of amides is 1. The first kappa shape index (κ1) is 20.5. The molecule has 0 aliphatic rings. The van der Waals surface area contributed by atoms with E-state index in [1.54, 1.807) is 43.3 Å². The van der Waals surface area contributed by atoms with Gasteiger partial charge >= 0.3 is 0 Å². The Balaban J connectivity index is 1.73. The van der Waals surface area contributed by atoms with E-state index in [4.69, 9.17) is 21.1 Å². The molecule has 0 spiro atoms. The van der Waals surface area contributed by atoms with E-state index in [-0.39, 0.29) is 5.91 Å². The van der Waals surface area contributed by atoms with Gasteiger partial charge in [0.05, 0.1) is 30.5 Å². The second-order valence-corrected chi connectivity index (χ2v) is 7.11. The van der Waals surface area contributed by atoms with Gasteiger partial charge in [0.25, 0.3) is 5.91 Å². The molecule has 4 aromatic rings. The molecule has 1 amide bonds. The fourth-order valence-corrected chi connectivity index (χ4v) is 3.42. The van der Waals surface area contributed by atoms with E-state index in [9.17, 15) is 4.79 Å². The largest absolute Gasteiger partial charge is 0.497 e. The molecule has 0 saturated heterocycles. The Morgan fingerprint density at radius 3 is 2.35 bits per heavy atom. The molecule has 0 radical (unpaired) electrons. The highest BCUT2D eigenvalue weighted by Gasteiger charge is 2.19. The van der Waals surface area contributed by atoms with Gasteiger partial charge in [-0.3, -0.25) is 4.79 Å². The first-order chi connectivity index (χ1) is 15.1. The standard InChI is InChI=1S/C24H20ClN3O3/c1-30-19-11-8-16(9-12-19)23-20(15-28(27-23)18-6-4-3-5-7-18)24(29)26-17-10-13-22(31-2)21(25)14-17/h3-15H,1-2H3,(H,26,29). The van der Waals surface area contributed by atoms with E-state index in [1.807, 2.05) is 54.6 Å². The number of nitrogens with zero attached hydrogens (tertiary/aromatic N) is 2. The smallest absolute Gasteiger partial charge is 0.259 e. The molecular formula is C24H20ClN3O3. The number of ether oxygens (including phenoxy) is 2. The molecule has 0 aliphatic heterocycles. The Hall–Kier alpha value is -3.77. The maximum atomic E-state index is 13.2. The summed E-state index contributed by atoms with van der Waals surface area (Å²) in [7, 11) is 3.15. The van der Waals surface area contributed by atoms with Gasteiger partial charge in [0.1, 0.15) is 17.2 Å². The van der Waals surface area contributed by atoms with Crippen LogP contribution in [0.15, 0.2) is 79.0 Å². The first-order valence-electron chi connectivity index (χ1n) is 9.53. The van der Waals surface area contributed by atoms with Crippen LogP contribution in [0.4, 0.5) is 5.69 Å². The molecule has 7 heteroatoms. The van der Waals surface area contributed by atoms with Crippen molar-refractivity contribution in [3.05, 3.63) is 89.6 Å². The number of hydrogen-bond donors (Lipinski definition) is 1. The average Bonchev–Trinajstić information content (AvgIpc) is 3.26. The van der Waals surface area contributed by atoms with Crippen molar-refractivity contribution in [1.82, 2.24) is 9.78 Å². The maximum absolute atomic E-state index is 13.2. The van der Waals surface area contributed by atoms with Crippen LogP contribution >= 0.6 is 11.6 Å². The highest BCUT2D eigenvalue weighted by Crippen LogP contribution is 2.29. The molecule has 31 heavy (non-hydrogen) atoms. The molecule has 0 aliphatic carbocycles. The van der Waals surface area contributed by atoms with Crippen molar-refractivity contribution >= 4 is 23.2 Å². The number of nitrogens with one attached hydrogen (secondary N) is 1. The van der Waals surface area contributed by atoms with Gasteiger partial charge in [0, 0.05) is 17.4 Å². The summed E-state index contributed by atoms with van der Waals surface area (Å²) in [4.78, 5) is 13.2. The normalized spacial score (nSPS) is 10.5. The van der Waals surface area contributed by atoms with Crippen LogP contribution in [-0.2, 0) is 0 Å². The number of carbonyl (C=O) groups excluding carboxylic acids is 1. The van der Waals surface area contributed by atoms with Gasteiger partial charge in [-0.05, 0) is 54.6 Å². The molecule has 1 N–H and O–H groups in total. The zero-order valence-corrected chi connectivity index (χ0v) is 17.8. The molecule has 0 bridgehead atoms. The number of carbonyl (C=O) groups is 1. The minimum absolute atomic E-state index is 0.297. The monoisotopic (exact) mass is 433 g/mol. The number of methoxy groups -OCH3 is 2. The number of halogens is 1. The van der Waals surface area contributed by atoms with Crippen molar-refractivity contribution in [2.45, 2.75) is 0 Å². The van der Waals surface area contributed by atoms with Gasteiger partial charge in [-0.1, -0.05) is 29.8 Å². The zero-order valence-electron chi connectivity index (χ0n) is 17.0. The Morgan fingerprint density at radius 1 is 0.968 bits per heavy atom. The minimum atomic E-state index is -0.297.